The third kappa shape index (κ3) is 7.85. The molecule has 2 aliphatic rings. The number of aliphatic hydroxyl groups is 2. The second-order valence-electron chi connectivity index (χ2n) is 10.6. The van der Waals surface area contributed by atoms with Crippen LogP contribution in [0.25, 0.3) is 0 Å². The molecule has 1 aliphatic heterocycles. The van der Waals surface area contributed by atoms with Crippen molar-refractivity contribution in [1.82, 2.24) is 0 Å². The van der Waals surface area contributed by atoms with Crippen LogP contribution < -0.4 is 0 Å². The average Bonchev–Trinajstić information content (AvgIpc) is 3.51. The summed E-state index contributed by atoms with van der Waals surface area (Å²) in [7, 11) is 0. The highest BCUT2D eigenvalue weighted by Gasteiger charge is 2.42. The average molecular weight is 606 g/mol. The maximum absolute atomic E-state index is 12.6. The smallest absolute Gasteiger partial charge is 0.348 e. The molecule has 1 saturated carbocycles. The Morgan fingerprint density at radius 2 is 1.79 bits per heavy atom. The second kappa shape index (κ2) is 13.2. The van der Waals surface area contributed by atoms with Gasteiger partial charge in [0.25, 0.3) is 0 Å². The van der Waals surface area contributed by atoms with Crippen molar-refractivity contribution in [2.45, 2.75) is 81.8 Å². The van der Waals surface area contributed by atoms with Gasteiger partial charge in [-0.2, -0.15) is 0 Å². The minimum Gasteiger partial charge on any atom is -0.459 e. The lowest BCUT2D eigenvalue weighted by molar-refractivity contribution is -0.151. The zero-order valence-electron chi connectivity index (χ0n) is 21.6. The predicted octanol–water partition coefficient (Wildman–Crippen LogP) is 6.28. The maximum atomic E-state index is 12.6. The van der Waals surface area contributed by atoms with Crippen molar-refractivity contribution in [2.24, 2.45) is 11.8 Å². The Labute approximate surface area is 243 Å². The molecule has 38 heavy (non-hydrogen) atoms. The number of thiophene rings is 1. The largest absolute Gasteiger partial charge is 0.459 e. The fourth-order valence-corrected chi connectivity index (χ4v) is 7.60. The van der Waals surface area contributed by atoms with Gasteiger partial charge >= 0.3 is 5.97 Å². The van der Waals surface area contributed by atoms with Crippen LogP contribution in [-0.4, -0.2) is 58.9 Å². The summed E-state index contributed by atoms with van der Waals surface area (Å²) in [5.41, 5.74) is 1.06. The van der Waals surface area contributed by atoms with E-state index in [0.717, 1.165) is 42.5 Å². The van der Waals surface area contributed by atoms with Crippen LogP contribution in [0.4, 0.5) is 0 Å². The molecule has 1 aromatic heterocycles. The van der Waals surface area contributed by atoms with Gasteiger partial charge in [-0.15, -0.1) is 22.9 Å². The first kappa shape index (κ1) is 30.1. The first-order valence-electron chi connectivity index (χ1n) is 13.0. The summed E-state index contributed by atoms with van der Waals surface area (Å²) in [6, 6.07) is 9.29. The Balaban J connectivity index is 1.25. The SMILES string of the molecule is CC1(C)O[C@H](CO)[C@@H](COC(=O)c2ccc(CCC[C@@H]3[C@@H](CCc4cc(Cl)cc(Cl)c4)[C@H](O)C[C@@H]3Cl)s2)O1. The van der Waals surface area contributed by atoms with Crippen LogP contribution in [0.2, 0.25) is 10.0 Å². The highest BCUT2D eigenvalue weighted by Crippen LogP contribution is 2.42. The fourth-order valence-electron chi connectivity index (χ4n) is 5.59. The van der Waals surface area contributed by atoms with E-state index in [1.54, 1.807) is 26.0 Å². The molecule has 2 N–H and O–H groups in total. The first-order valence-corrected chi connectivity index (χ1v) is 15.0. The normalized spacial score (nSPS) is 28.6. The topological polar surface area (TPSA) is 85.2 Å². The van der Waals surface area contributed by atoms with E-state index in [9.17, 15) is 15.0 Å². The third-order valence-electron chi connectivity index (χ3n) is 7.33. The molecule has 1 saturated heterocycles. The van der Waals surface area contributed by atoms with Gasteiger partial charge in [-0.1, -0.05) is 23.2 Å². The van der Waals surface area contributed by atoms with Crippen molar-refractivity contribution < 1.29 is 29.2 Å². The van der Waals surface area contributed by atoms with Gasteiger partial charge in [-0.05, 0) is 100 Å². The van der Waals surface area contributed by atoms with Gasteiger partial charge < -0.3 is 24.4 Å². The van der Waals surface area contributed by atoms with E-state index in [2.05, 4.69) is 0 Å². The number of ether oxygens (including phenoxy) is 3. The maximum Gasteiger partial charge on any atom is 0.348 e. The van der Waals surface area contributed by atoms with Crippen LogP contribution in [0, 0.1) is 11.8 Å². The van der Waals surface area contributed by atoms with Crippen LogP contribution in [0.15, 0.2) is 30.3 Å². The number of alkyl halides is 1. The summed E-state index contributed by atoms with van der Waals surface area (Å²) in [5, 5.41) is 21.3. The summed E-state index contributed by atoms with van der Waals surface area (Å²) in [4.78, 5) is 14.2. The minimum atomic E-state index is -0.819. The van der Waals surface area contributed by atoms with Gasteiger partial charge in [0.15, 0.2) is 5.79 Å². The van der Waals surface area contributed by atoms with Crippen molar-refractivity contribution in [2.75, 3.05) is 13.2 Å². The molecule has 0 spiro atoms. The molecule has 0 radical (unpaired) electrons. The minimum absolute atomic E-state index is 0.0185. The van der Waals surface area contributed by atoms with E-state index < -0.39 is 30.1 Å². The van der Waals surface area contributed by atoms with Crippen LogP contribution >= 0.6 is 46.1 Å². The summed E-state index contributed by atoms with van der Waals surface area (Å²) in [5.74, 6) is -0.881. The number of aliphatic hydroxyl groups excluding tert-OH is 2. The third-order valence-corrected chi connectivity index (χ3v) is 9.39. The van der Waals surface area contributed by atoms with Crippen LogP contribution in [-0.2, 0) is 27.1 Å². The molecule has 210 valence electrons. The van der Waals surface area contributed by atoms with Crippen molar-refractivity contribution in [3.63, 3.8) is 0 Å². The number of carbonyl (C=O) groups excluding carboxylic acids is 1. The molecule has 6 atom stereocenters. The summed E-state index contributed by atoms with van der Waals surface area (Å²) in [6.07, 6.45) is 3.41. The van der Waals surface area contributed by atoms with Gasteiger partial charge in [0.05, 0.1) is 12.7 Å². The molecular weight excluding hydrogens is 571 g/mol. The van der Waals surface area contributed by atoms with Gasteiger partial charge in [-0.25, -0.2) is 4.79 Å². The van der Waals surface area contributed by atoms with E-state index >= 15 is 0 Å². The molecule has 1 aliphatic carbocycles. The molecular formula is C28H35Cl3O6S. The van der Waals surface area contributed by atoms with E-state index in [1.165, 1.54) is 11.3 Å². The molecule has 6 nitrogen and oxygen atoms in total. The quantitative estimate of drug-likeness (QED) is 0.232. The Kier molecular flexibility index (Phi) is 10.4. The monoisotopic (exact) mass is 604 g/mol. The predicted molar refractivity (Wildman–Crippen MR) is 150 cm³/mol. The van der Waals surface area contributed by atoms with Crippen molar-refractivity contribution >= 4 is 52.1 Å². The molecule has 10 heteroatoms. The highest BCUT2D eigenvalue weighted by molar-refractivity contribution is 7.13. The molecule has 2 heterocycles. The lowest BCUT2D eigenvalue weighted by Gasteiger charge is -2.23. The zero-order chi connectivity index (χ0) is 27.4. The van der Waals surface area contributed by atoms with Gasteiger partial charge in [0.2, 0.25) is 0 Å². The van der Waals surface area contributed by atoms with Crippen molar-refractivity contribution in [1.29, 1.82) is 0 Å². The van der Waals surface area contributed by atoms with E-state index in [-0.39, 0.29) is 30.4 Å². The van der Waals surface area contributed by atoms with E-state index in [4.69, 9.17) is 49.0 Å². The fraction of sp³-hybridized carbons (Fsp3) is 0.607. The summed E-state index contributed by atoms with van der Waals surface area (Å²) < 4.78 is 16.8. The van der Waals surface area contributed by atoms with E-state index in [1.807, 2.05) is 18.2 Å². The number of carbonyl (C=O) groups is 1. The number of esters is 1. The van der Waals surface area contributed by atoms with Crippen LogP contribution in [0.3, 0.4) is 0 Å². The van der Waals surface area contributed by atoms with Gasteiger partial charge in [0, 0.05) is 20.3 Å². The summed E-state index contributed by atoms with van der Waals surface area (Å²) >= 11 is 20.4. The second-order valence-corrected chi connectivity index (χ2v) is 13.2. The molecule has 2 aromatic rings. The molecule has 1 aromatic carbocycles. The Hall–Kier alpha value is -0.900. The Bertz CT molecular complexity index is 1070. The highest BCUT2D eigenvalue weighted by atomic mass is 35.5. The van der Waals surface area contributed by atoms with Gasteiger partial charge in [0.1, 0.15) is 23.7 Å². The van der Waals surface area contributed by atoms with E-state index in [0.29, 0.717) is 21.3 Å². The molecule has 4 rings (SSSR count). The number of halogens is 3. The Morgan fingerprint density at radius 3 is 2.50 bits per heavy atom. The lowest BCUT2D eigenvalue weighted by Crippen LogP contribution is -2.31. The number of rotatable bonds is 11. The van der Waals surface area contributed by atoms with Crippen LogP contribution in [0.1, 0.15) is 59.6 Å². The van der Waals surface area contributed by atoms with Crippen LogP contribution in [0.5, 0.6) is 0 Å². The number of aryl methyl sites for hydroxylation is 2. The zero-order valence-corrected chi connectivity index (χ0v) is 24.7. The Morgan fingerprint density at radius 1 is 1.08 bits per heavy atom. The molecule has 2 fully saturated rings. The molecule has 0 unspecified atom stereocenters. The number of benzene rings is 1. The molecule has 0 bridgehead atoms. The van der Waals surface area contributed by atoms with Crippen molar-refractivity contribution in [3.05, 3.63) is 55.7 Å². The molecule has 0 amide bonds. The first-order chi connectivity index (χ1) is 18.0. The van der Waals surface area contributed by atoms with Crippen molar-refractivity contribution in [3.8, 4) is 0 Å². The standard InChI is InChI=1S/C28H35Cl3O6S/c1-28(2)36-24(14-32)25(37-28)15-35-27(34)26-9-7-19(38-26)4-3-5-20-21(23(33)13-22(20)31)8-6-16-10-17(29)12-18(30)11-16/h7,9-12,20-25,32-33H,3-6,8,13-15H2,1-2H3/t20-,21-,22+,23-,24-,25-/m1/s1. The van der Waals surface area contributed by atoms with Gasteiger partial charge in [-0.3, -0.25) is 0 Å². The number of hydrogen-bond acceptors (Lipinski definition) is 7. The number of hydrogen-bond donors (Lipinski definition) is 2. The lowest BCUT2D eigenvalue weighted by atomic mass is 9.85. The summed E-state index contributed by atoms with van der Waals surface area (Å²) in [6.45, 7) is 3.34.